The van der Waals surface area contributed by atoms with Crippen molar-refractivity contribution in [3.05, 3.63) is 40.4 Å². The van der Waals surface area contributed by atoms with Crippen molar-refractivity contribution in [2.24, 2.45) is 0 Å². The van der Waals surface area contributed by atoms with E-state index in [9.17, 15) is 0 Å². The van der Waals surface area contributed by atoms with E-state index in [-0.39, 0.29) is 0 Å². The summed E-state index contributed by atoms with van der Waals surface area (Å²) < 4.78 is 5.36. The molecule has 2 heterocycles. The van der Waals surface area contributed by atoms with E-state index < -0.39 is 0 Å². The van der Waals surface area contributed by atoms with E-state index in [0.717, 1.165) is 11.1 Å². The first-order valence-corrected chi connectivity index (χ1v) is 6.88. The van der Waals surface area contributed by atoms with Crippen LogP contribution in [0.5, 0.6) is 5.88 Å². The maximum absolute atomic E-state index is 6.02. The molecule has 3 rings (SSSR count). The van der Waals surface area contributed by atoms with Crippen molar-refractivity contribution in [3.8, 4) is 17.3 Å². The molecule has 0 spiro atoms. The Morgan fingerprint density at radius 1 is 1.10 bits per heavy atom. The molecule has 0 aliphatic carbocycles. The monoisotopic (exact) mass is 307 g/mol. The fourth-order valence-electron chi connectivity index (χ4n) is 1.88. The first-order valence-electron chi connectivity index (χ1n) is 6.12. The number of H-pyrrole nitrogens is 1. The second-order valence-electron chi connectivity index (χ2n) is 4.17. The summed E-state index contributed by atoms with van der Waals surface area (Å²) in [5.74, 6) is 1.26. The minimum Gasteiger partial charge on any atom is -0.478 e. The summed E-state index contributed by atoms with van der Waals surface area (Å²) in [6.45, 7) is 2.49. The van der Waals surface area contributed by atoms with Gasteiger partial charge in [0.1, 0.15) is 5.82 Å². The third kappa shape index (κ3) is 2.44. The fourth-order valence-corrected chi connectivity index (χ4v) is 2.18. The highest BCUT2D eigenvalue weighted by Gasteiger charge is 2.09. The van der Waals surface area contributed by atoms with Gasteiger partial charge in [0.15, 0.2) is 5.65 Å². The summed E-state index contributed by atoms with van der Waals surface area (Å²) in [6, 6.07) is 9.07. The Morgan fingerprint density at radius 3 is 2.70 bits per heavy atom. The second-order valence-corrected chi connectivity index (χ2v) is 4.98. The number of hydrogen-bond acceptors (Lipinski definition) is 3. The third-order valence-electron chi connectivity index (χ3n) is 2.81. The van der Waals surface area contributed by atoms with Gasteiger partial charge in [-0.25, -0.2) is 4.98 Å². The molecular weight excluding hydrogens is 297 g/mol. The van der Waals surface area contributed by atoms with Crippen molar-refractivity contribution in [1.82, 2.24) is 15.0 Å². The van der Waals surface area contributed by atoms with Crippen molar-refractivity contribution in [3.63, 3.8) is 0 Å². The molecule has 0 saturated carbocycles. The van der Waals surface area contributed by atoms with Gasteiger partial charge in [0, 0.05) is 11.6 Å². The fraction of sp³-hybridized carbons (Fsp3) is 0.143. The average molecular weight is 308 g/mol. The average Bonchev–Trinajstić information content (AvgIpc) is 2.85. The highest BCUT2D eigenvalue weighted by atomic mass is 35.5. The number of aromatic nitrogens is 3. The zero-order chi connectivity index (χ0) is 14.1. The summed E-state index contributed by atoms with van der Waals surface area (Å²) in [7, 11) is 0. The van der Waals surface area contributed by atoms with Gasteiger partial charge >= 0.3 is 0 Å². The molecule has 0 unspecified atom stereocenters. The molecule has 20 heavy (non-hydrogen) atoms. The molecule has 2 aromatic heterocycles. The number of fused-ring (bicyclic) bond motifs is 1. The third-order valence-corrected chi connectivity index (χ3v) is 3.54. The van der Waals surface area contributed by atoms with Crippen LogP contribution in [0.25, 0.3) is 22.6 Å². The number of nitrogens with zero attached hydrogens (tertiary/aromatic N) is 2. The first-order chi connectivity index (χ1) is 9.67. The minimum atomic E-state index is 0.493. The van der Waals surface area contributed by atoms with E-state index in [1.165, 1.54) is 0 Å². The molecule has 0 amide bonds. The maximum atomic E-state index is 6.02. The highest BCUT2D eigenvalue weighted by Crippen LogP contribution is 2.28. The van der Waals surface area contributed by atoms with Gasteiger partial charge in [0.2, 0.25) is 5.88 Å². The van der Waals surface area contributed by atoms with Crippen molar-refractivity contribution in [2.45, 2.75) is 6.92 Å². The van der Waals surface area contributed by atoms with Gasteiger partial charge in [0.25, 0.3) is 0 Å². The lowest BCUT2D eigenvalue weighted by molar-refractivity contribution is 0.328. The summed E-state index contributed by atoms with van der Waals surface area (Å²) >= 11 is 11.9. The number of halogens is 2. The molecule has 6 heteroatoms. The molecule has 0 saturated heterocycles. The lowest BCUT2D eigenvalue weighted by Crippen LogP contribution is -1.93. The topological polar surface area (TPSA) is 50.8 Å². The lowest BCUT2D eigenvalue weighted by atomic mass is 10.2. The van der Waals surface area contributed by atoms with E-state index in [1.807, 2.05) is 25.1 Å². The molecule has 0 aliphatic heterocycles. The Morgan fingerprint density at radius 2 is 1.95 bits per heavy atom. The van der Waals surface area contributed by atoms with E-state index in [2.05, 4.69) is 15.0 Å². The van der Waals surface area contributed by atoms with Crippen LogP contribution in [0.2, 0.25) is 10.0 Å². The normalized spacial score (nSPS) is 10.9. The Kier molecular flexibility index (Phi) is 3.51. The predicted molar refractivity (Wildman–Crippen MR) is 80.5 cm³/mol. The van der Waals surface area contributed by atoms with Gasteiger partial charge in [-0.05, 0) is 31.2 Å². The van der Waals surface area contributed by atoms with Crippen LogP contribution >= 0.6 is 23.2 Å². The summed E-state index contributed by atoms with van der Waals surface area (Å²) in [5.41, 5.74) is 2.31. The van der Waals surface area contributed by atoms with E-state index >= 15 is 0 Å². The Hall–Kier alpha value is -1.78. The molecule has 102 valence electrons. The second kappa shape index (κ2) is 5.31. The summed E-state index contributed by atoms with van der Waals surface area (Å²) in [6.07, 6.45) is 0. The number of pyridine rings is 1. The quantitative estimate of drug-likeness (QED) is 0.783. The van der Waals surface area contributed by atoms with Gasteiger partial charge < -0.3 is 9.72 Å². The summed E-state index contributed by atoms with van der Waals surface area (Å²) in [5, 5.41) is 1.01. The van der Waals surface area contributed by atoms with Crippen LogP contribution in [0.3, 0.4) is 0 Å². The van der Waals surface area contributed by atoms with E-state index in [0.29, 0.717) is 34.0 Å². The van der Waals surface area contributed by atoms with Crippen LogP contribution in [0.1, 0.15) is 6.92 Å². The molecule has 0 fully saturated rings. The van der Waals surface area contributed by atoms with Crippen LogP contribution in [-0.4, -0.2) is 21.6 Å². The molecule has 1 aromatic carbocycles. The standard InChI is InChI=1S/C14H11Cl2N3O/c1-2-20-12-6-5-11-14(18-12)19-13(17-11)8-3-4-9(15)10(16)7-8/h3-7H,2H2,1H3,(H,17,18,19). The lowest BCUT2D eigenvalue weighted by Gasteiger charge is -1.99. The molecule has 0 radical (unpaired) electrons. The molecule has 1 N–H and O–H groups in total. The highest BCUT2D eigenvalue weighted by molar-refractivity contribution is 6.42. The van der Waals surface area contributed by atoms with Crippen LogP contribution in [-0.2, 0) is 0 Å². The zero-order valence-corrected chi connectivity index (χ0v) is 12.2. The molecule has 0 aliphatic rings. The number of rotatable bonds is 3. The number of ether oxygens (including phenoxy) is 1. The number of imidazole rings is 1. The van der Waals surface area contributed by atoms with Crippen LogP contribution in [0.15, 0.2) is 30.3 Å². The first kappa shape index (κ1) is 13.2. The van der Waals surface area contributed by atoms with Crippen molar-refractivity contribution in [2.75, 3.05) is 6.61 Å². The Labute approximate surface area is 125 Å². The number of benzene rings is 1. The summed E-state index contributed by atoms with van der Waals surface area (Å²) in [4.78, 5) is 12.0. The molecule has 3 aromatic rings. The predicted octanol–water partition coefficient (Wildman–Crippen LogP) is 4.33. The number of aromatic amines is 1. The van der Waals surface area contributed by atoms with Gasteiger partial charge in [-0.15, -0.1) is 0 Å². The number of nitrogens with one attached hydrogen (secondary N) is 1. The van der Waals surface area contributed by atoms with Crippen LogP contribution in [0, 0.1) is 0 Å². The molecule has 4 nitrogen and oxygen atoms in total. The van der Waals surface area contributed by atoms with Crippen LogP contribution in [0.4, 0.5) is 0 Å². The van der Waals surface area contributed by atoms with Gasteiger partial charge in [0.05, 0.1) is 22.2 Å². The van der Waals surface area contributed by atoms with Gasteiger partial charge in [-0.1, -0.05) is 23.2 Å². The Balaban J connectivity index is 2.05. The SMILES string of the molecule is CCOc1ccc2[nH]c(-c3ccc(Cl)c(Cl)c3)nc2n1. The van der Waals surface area contributed by atoms with Crippen molar-refractivity contribution < 1.29 is 4.74 Å². The van der Waals surface area contributed by atoms with Crippen LogP contribution < -0.4 is 4.74 Å². The molecule has 0 atom stereocenters. The van der Waals surface area contributed by atoms with Crippen molar-refractivity contribution >= 4 is 34.4 Å². The maximum Gasteiger partial charge on any atom is 0.215 e. The minimum absolute atomic E-state index is 0.493. The van der Waals surface area contributed by atoms with E-state index in [1.54, 1.807) is 12.1 Å². The smallest absolute Gasteiger partial charge is 0.215 e. The molecule has 0 bridgehead atoms. The van der Waals surface area contributed by atoms with E-state index in [4.69, 9.17) is 27.9 Å². The zero-order valence-electron chi connectivity index (χ0n) is 10.7. The number of hydrogen-bond donors (Lipinski definition) is 1. The van der Waals surface area contributed by atoms with Gasteiger partial charge in [-0.2, -0.15) is 4.98 Å². The molecular formula is C14H11Cl2N3O. The van der Waals surface area contributed by atoms with Gasteiger partial charge in [-0.3, -0.25) is 0 Å². The Bertz CT molecular complexity index is 770. The largest absolute Gasteiger partial charge is 0.478 e. The van der Waals surface area contributed by atoms with Crippen molar-refractivity contribution in [1.29, 1.82) is 0 Å².